The molecule has 0 atom stereocenters. The van der Waals surface area contributed by atoms with Crippen molar-refractivity contribution in [2.24, 2.45) is 0 Å². The fourth-order valence-corrected chi connectivity index (χ4v) is 1.86. The van der Waals surface area contributed by atoms with Crippen LogP contribution in [0.15, 0.2) is 24.3 Å². The quantitative estimate of drug-likeness (QED) is 0.618. The highest BCUT2D eigenvalue weighted by Gasteiger charge is 2.19. The van der Waals surface area contributed by atoms with Gasteiger partial charge in [0.15, 0.2) is 5.78 Å². The van der Waals surface area contributed by atoms with Gasteiger partial charge in [0.25, 0.3) is 0 Å². The number of carbonyl (C=O) groups is 1. The zero-order chi connectivity index (χ0) is 9.54. The summed E-state index contributed by atoms with van der Waals surface area (Å²) in [5.41, 5.74) is 2.79. The van der Waals surface area contributed by atoms with E-state index in [1.807, 2.05) is 30.4 Å². The highest BCUT2D eigenvalue weighted by molar-refractivity contribution is 6.14. The minimum atomic E-state index is 0.0850. The lowest BCUT2D eigenvalue weighted by Gasteiger charge is -2.14. The maximum atomic E-state index is 11.4. The predicted octanol–water partition coefficient (Wildman–Crippen LogP) is 2.30. The number of carbonyl (C=O) groups excluding carboxylic acids is 1. The van der Waals surface area contributed by atoms with Crippen LogP contribution in [0, 0.1) is 0 Å². The van der Waals surface area contributed by atoms with Crippen LogP contribution in [0.25, 0.3) is 12.2 Å². The normalized spacial score (nSPS) is 16.4. The van der Waals surface area contributed by atoms with Gasteiger partial charge in [0.1, 0.15) is 12.4 Å². The van der Waals surface area contributed by atoms with E-state index < -0.39 is 0 Å². The number of rotatable bonds is 0. The summed E-state index contributed by atoms with van der Waals surface area (Å²) in [7, 11) is 0. The largest absolute Gasteiger partial charge is 0.489 e. The van der Waals surface area contributed by atoms with Gasteiger partial charge in [-0.05, 0) is 35.9 Å². The molecule has 1 aliphatic carbocycles. The number of allylic oxidation sites excluding steroid dienone is 1. The molecular weight excluding hydrogens is 176 g/mol. The fourth-order valence-electron chi connectivity index (χ4n) is 1.86. The van der Waals surface area contributed by atoms with Crippen molar-refractivity contribution in [3.8, 4) is 5.75 Å². The van der Waals surface area contributed by atoms with Crippen LogP contribution in [0.2, 0.25) is 0 Å². The lowest BCUT2D eigenvalue weighted by Crippen LogP contribution is -2.03. The van der Waals surface area contributed by atoms with Crippen LogP contribution in [0.4, 0.5) is 0 Å². The van der Waals surface area contributed by atoms with Gasteiger partial charge in [0.05, 0.1) is 0 Å². The molecule has 0 saturated carbocycles. The molecule has 14 heavy (non-hydrogen) atoms. The minimum absolute atomic E-state index is 0.0850. The average Bonchev–Trinajstić information content (AvgIpc) is 2.61. The molecule has 3 rings (SSSR count). The molecule has 0 spiro atoms. The molecule has 0 bridgehead atoms. The van der Waals surface area contributed by atoms with Gasteiger partial charge in [0.2, 0.25) is 0 Å². The summed E-state index contributed by atoms with van der Waals surface area (Å²) < 4.78 is 5.45. The first-order chi connectivity index (χ1) is 6.86. The van der Waals surface area contributed by atoms with Gasteiger partial charge in [-0.3, -0.25) is 4.79 Å². The Morgan fingerprint density at radius 1 is 1.07 bits per heavy atom. The summed E-state index contributed by atoms with van der Waals surface area (Å²) >= 11 is 0. The molecule has 1 aromatic rings. The maximum absolute atomic E-state index is 11.4. The van der Waals surface area contributed by atoms with Crippen molar-refractivity contribution < 1.29 is 9.53 Å². The van der Waals surface area contributed by atoms with Crippen molar-refractivity contribution in [3.05, 3.63) is 41.0 Å². The van der Waals surface area contributed by atoms with Gasteiger partial charge in [-0.2, -0.15) is 0 Å². The third-order valence-corrected chi connectivity index (χ3v) is 2.53. The average molecular weight is 184 g/mol. The molecule has 2 heteroatoms. The number of fused-ring (bicyclic) bond motifs is 3. The standard InChI is InChI=1S/C12H8O2/c13-11-5-3-8-9(11)4-6-12-10(8)2-1-7-14-12/h1-6H,7H2. The van der Waals surface area contributed by atoms with Crippen LogP contribution in [-0.4, -0.2) is 12.4 Å². The molecule has 1 aliphatic heterocycles. The zero-order valence-corrected chi connectivity index (χ0v) is 7.49. The second kappa shape index (κ2) is 2.58. The molecule has 1 aromatic carbocycles. The van der Waals surface area contributed by atoms with Crippen LogP contribution < -0.4 is 4.74 Å². The van der Waals surface area contributed by atoms with Crippen LogP contribution in [0.3, 0.4) is 0 Å². The lowest BCUT2D eigenvalue weighted by atomic mass is 10.0. The monoisotopic (exact) mass is 184 g/mol. The van der Waals surface area contributed by atoms with E-state index in [1.54, 1.807) is 6.08 Å². The number of hydrogen-bond donors (Lipinski definition) is 0. The predicted molar refractivity (Wildman–Crippen MR) is 54.3 cm³/mol. The first kappa shape index (κ1) is 7.56. The van der Waals surface area contributed by atoms with Gasteiger partial charge in [-0.1, -0.05) is 6.08 Å². The van der Waals surface area contributed by atoms with Crippen molar-refractivity contribution in [2.75, 3.05) is 6.61 Å². The molecule has 0 fully saturated rings. The Morgan fingerprint density at radius 3 is 2.93 bits per heavy atom. The van der Waals surface area contributed by atoms with Crippen molar-refractivity contribution in [2.45, 2.75) is 0 Å². The van der Waals surface area contributed by atoms with E-state index >= 15 is 0 Å². The smallest absolute Gasteiger partial charge is 0.186 e. The Hall–Kier alpha value is -1.83. The fraction of sp³-hybridized carbons (Fsp3) is 0.0833. The molecule has 2 nitrogen and oxygen atoms in total. The van der Waals surface area contributed by atoms with Crippen molar-refractivity contribution in [1.29, 1.82) is 0 Å². The maximum Gasteiger partial charge on any atom is 0.186 e. The first-order valence-electron chi connectivity index (χ1n) is 4.55. The van der Waals surface area contributed by atoms with Gasteiger partial charge >= 0.3 is 0 Å². The minimum Gasteiger partial charge on any atom is -0.489 e. The van der Waals surface area contributed by atoms with E-state index in [9.17, 15) is 4.79 Å². The molecule has 2 aliphatic rings. The third-order valence-electron chi connectivity index (χ3n) is 2.53. The number of ether oxygens (including phenoxy) is 1. The second-order valence-corrected chi connectivity index (χ2v) is 3.35. The molecule has 0 saturated heterocycles. The SMILES string of the molecule is O=C1C=Cc2c1ccc1c2C=CCO1. The van der Waals surface area contributed by atoms with E-state index in [0.717, 1.165) is 22.4 Å². The van der Waals surface area contributed by atoms with Crippen molar-refractivity contribution >= 4 is 17.9 Å². The van der Waals surface area contributed by atoms with Crippen molar-refractivity contribution in [3.63, 3.8) is 0 Å². The molecule has 0 radical (unpaired) electrons. The van der Waals surface area contributed by atoms with Crippen LogP contribution in [-0.2, 0) is 0 Å². The molecule has 0 N–H and O–H groups in total. The van der Waals surface area contributed by atoms with E-state index in [-0.39, 0.29) is 5.78 Å². The van der Waals surface area contributed by atoms with Gasteiger partial charge in [-0.15, -0.1) is 0 Å². The Balaban J connectivity index is 2.32. The summed E-state index contributed by atoms with van der Waals surface area (Å²) in [5.74, 6) is 0.951. The summed E-state index contributed by atoms with van der Waals surface area (Å²) in [6.45, 7) is 0.615. The molecule has 1 heterocycles. The highest BCUT2D eigenvalue weighted by Crippen LogP contribution is 2.33. The summed E-state index contributed by atoms with van der Waals surface area (Å²) in [4.78, 5) is 11.4. The highest BCUT2D eigenvalue weighted by atomic mass is 16.5. The topological polar surface area (TPSA) is 26.3 Å². The van der Waals surface area contributed by atoms with Gasteiger partial charge in [-0.25, -0.2) is 0 Å². The van der Waals surface area contributed by atoms with E-state index in [4.69, 9.17) is 4.74 Å². The van der Waals surface area contributed by atoms with E-state index in [0.29, 0.717) is 6.61 Å². The van der Waals surface area contributed by atoms with Crippen LogP contribution in [0.1, 0.15) is 21.5 Å². The van der Waals surface area contributed by atoms with E-state index in [1.165, 1.54) is 0 Å². The van der Waals surface area contributed by atoms with Crippen molar-refractivity contribution in [1.82, 2.24) is 0 Å². The lowest BCUT2D eigenvalue weighted by molar-refractivity contribution is 0.105. The van der Waals surface area contributed by atoms with Gasteiger partial charge < -0.3 is 4.74 Å². The molecule has 0 aromatic heterocycles. The second-order valence-electron chi connectivity index (χ2n) is 3.35. The van der Waals surface area contributed by atoms with Crippen LogP contribution in [0.5, 0.6) is 5.75 Å². The Kier molecular flexibility index (Phi) is 1.39. The summed E-state index contributed by atoms with van der Waals surface area (Å²) in [6.07, 6.45) is 7.43. The Bertz CT molecular complexity index is 481. The van der Waals surface area contributed by atoms with E-state index in [2.05, 4.69) is 0 Å². The van der Waals surface area contributed by atoms with Crippen LogP contribution >= 0.6 is 0 Å². The first-order valence-corrected chi connectivity index (χ1v) is 4.55. The molecule has 0 unspecified atom stereocenters. The summed E-state index contributed by atoms with van der Waals surface area (Å²) in [6, 6.07) is 3.69. The molecule has 68 valence electrons. The molecule has 0 amide bonds. The number of benzene rings is 1. The third kappa shape index (κ3) is 0.880. The summed E-state index contributed by atoms with van der Waals surface area (Å²) in [5, 5.41) is 0. The Labute approximate surface area is 81.5 Å². The number of hydrogen-bond acceptors (Lipinski definition) is 2. The number of ketones is 1. The molecular formula is C12H8O2. The van der Waals surface area contributed by atoms with Gasteiger partial charge in [0, 0.05) is 11.1 Å². The zero-order valence-electron chi connectivity index (χ0n) is 7.49. The Morgan fingerprint density at radius 2 is 2.00 bits per heavy atom.